The van der Waals surface area contributed by atoms with Gasteiger partial charge in [-0.15, -0.1) is 0 Å². The van der Waals surface area contributed by atoms with Crippen molar-refractivity contribution < 1.29 is 22.7 Å². The molecule has 2 rings (SSSR count). The van der Waals surface area contributed by atoms with Crippen molar-refractivity contribution in [2.75, 3.05) is 31.3 Å². The Labute approximate surface area is 172 Å². The quantitative estimate of drug-likeness (QED) is 0.710. The van der Waals surface area contributed by atoms with Gasteiger partial charge in [0.25, 0.3) is 0 Å². The molecular formula is C21H28N2O5S. The fourth-order valence-corrected chi connectivity index (χ4v) is 3.75. The molecule has 0 radical (unpaired) electrons. The molecule has 1 amide bonds. The van der Waals surface area contributed by atoms with Crippen LogP contribution >= 0.6 is 0 Å². The Balaban J connectivity index is 2.19. The van der Waals surface area contributed by atoms with E-state index in [-0.39, 0.29) is 12.6 Å². The fraction of sp³-hybridized carbons (Fsp3) is 0.381. The summed E-state index contributed by atoms with van der Waals surface area (Å²) in [5.74, 6) is 0.739. The molecule has 1 atom stereocenters. The SMILES string of the molecule is COc1ccc(C(C)NC(=O)CN(c2ccc(C)c(C)c2)S(C)(=O)=O)cc1OC. The lowest BCUT2D eigenvalue weighted by atomic mass is 10.1. The standard InChI is InChI=1S/C21H28N2O5S/c1-14-7-9-18(11-15(14)2)23(29(6,25)26)13-21(24)22-16(3)17-8-10-19(27-4)20(12-17)28-5/h7-12,16H,13H2,1-6H3,(H,22,24). The Kier molecular flexibility index (Phi) is 7.13. The summed E-state index contributed by atoms with van der Waals surface area (Å²) >= 11 is 0. The molecule has 0 spiro atoms. The number of carbonyl (C=O) groups is 1. The molecule has 2 aromatic rings. The minimum absolute atomic E-state index is 0.307. The van der Waals surface area contributed by atoms with Crippen LogP contribution in [0.15, 0.2) is 36.4 Å². The third-order valence-corrected chi connectivity index (χ3v) is 5.89. The van der Waals surface area contributed by atoms with Gasteiger partial charge in [0.1, 0.15) is 6.54 Å². The summed E-state index contributed by atoms with van der Waals surface area (Å²) in [6.07, 6.45) is 1.09. The predicted molar refractivity (Wildman–Crippen MR) is 114 cm³/mol. The second-order valence-electron chi connectivity index (χ2n) is 6.94. The van der Waals surface area contributed by atoms with Gasteiger partial charge in [-0.3, -0.25) is 9.10 Å². The monoisotopic (exact) mass is 420 g/mol. The molecule has 29 heavy (non-hydrogen) atoms. The molecule has 0 heterocycles. The molecule has 1 N–H and O–H groups in total. The first-order valence-electron chi connectivity index (χ1n) is 9.13. The summed E-state index contributed by atoms with van der Waals surface area (Å²) in [6, 6.07) is 10.3. The highest BCUT2D eigenvalue weighted by molar-refractivity contribution is 7.92. The molecule has 0 aliphatic carbocycles. The number of hydrogen-bond donors (Lipinski definition) is 1. The van der Waals surface area contributed by atoms with Crippen LogP contribution in [-0.2, 0) is 14.8 Å². The Morgan fingerprint density at radius 1 is 1.03 bits per heavy atom. The molecule has 0 fully saturated rings. The van der Waals surface area contributed by atoms with Gasteiger partial charge in [-0.25, -0.2) is 8.42 Å². The van der Waals surface area contributed by atoms with Crippen molar-refractivity contribution in [2.24, 2.45) is 0 Å². The molecule has 0 aliphatic rings. The number of benzene rings is 2. The minimum atomic E-state index is -3.63. The third-order valence-electron chi connectivity index (χ3n) is 4.75. The summed E-state index contributed by atoms with van der Waals surface area (Å²) in [6.45, 7) is 5.36. The van der Waals surface area contributed by atoms with Gasteiger partial charge in [0.15, 0.2) is 11.5 Å². The Morgan fingerprint density at radius 2 is 1.69 bits per heavy atom. The summed E-state index contributed by atoms with van der Waals surface area (Å²) in [5.41, 5.74) is 3.28. The van der Waals surface area contributed by atoms with Crippen molar-refractivity contribution >= 4 is 21.6 Å². The van der Waals surface area contributed by atoms with Crippen molar-refractivity contribution in [3.63, 3.8) is 0 Å². The van der Waals surface area contributed by atoms with E-state index in [1.54, 1.807) is 38.5 Å². The zero-order valence-electron chi connectivity index (χ0n) is 17.6. The van der Waals surface area contributed by atoms with Gasteiger partial charge in [-0.05, 0) is 61.7 Å². The van der Waals surface area contributed by atoms with E-state index in [9.17, 15) is 13.2 Å². The van der Waals surface area contributed by atoms with Crippen molar-refractivity contribution in [1.82, 2.24) is 5.32 Å². The van der Waals surface area contributed by atoms with E-state index >= 15 is 0 Å². The molecule has 0 saturated heterocycles. The highest BCUT2D eigenvalue weighted by Crippen LogP contribution is 2.30. The lowest BCUT2D eigenvalue weighted by molar-refractivity contribution is -0.120. The van der Waals surface area contributed by atoms with Gasteiger partial charge in [0.05, 0.1) is 32.2 Å². The van der Waals surface area contributed by atoms with Crippen LogP contribution in [0.4, 0.5) is 5.69 Å². The molecule has 1 unspecified atom stereocenters. The Hall–Kier alpha value is -2.74. The predicted octanol–water partition coefficient (Wildman–Crippen LogP) is 2.96. The summed E-state index contributed by atoms with van der Waals surface area (Å²) in [5, 5.41) is 2.84. The van der Waals surface area contributed by atoms with Gasteiger partial charge < -0.3 is 14.8 Å². The maximum absolute atomic E-state index is 12.6. The van der Waals surface area contributed by atoms with E-state index in [2.05, 4.69) is 5.32 Å². The van der Waals surface area contributed by atoms with E-state index in [1.165, 1.54) is 0 Å². The van der Waals surface area contributed by atoms with Crippen LogP contribution in [0.2, 0.25) is 0 Å². The molecular weight excluding hydrogens is 392 g/mol. The molecule has 0 bridgehead atoms. The van der Waals surface area contributed by atoms with Crippen molar-refractivity contribution in [3.8, 4) is 11.5 Å². The van der Waals surface area contributed by atoms with Crippen LogP contribution in [-0.4, -0.2) is 41.3 Å². The van der Waals surface area contributed by atoms with Crippen LogP contribution in [0.5, 0.6) is 11.5 Å². The van der Waals surface area contributed by atoms with E-state index in [1.807, 2.05) is 32.9 Å². The number of aryl methyl sites for hydroxylation is 2. The zero-order valence-corrected chi connectivity index (χ0v) is 18.5. The number of nitrogens with one attached hydrogen (secondary N) is 1. The number of sulfonamides is 1. The number of anilines is 1. The normalized spacial score (nSPS) is 12.2. The highest BCUT2D eigenvalue weighted by Gasteiger charge is 2.22. The Morgan fingerprint density at radius 3 is 2.24 bits per heavy atom. The topological polar surface area (TPSA) is 84.9 Å². The van der Waals surface area contributed by atoms with Crippen LogP contribution in [0.1, 0.15) is 29.7 Å². The number of amides is 1. The molecule has 8 heteroatoms. The average Bonchev–Trinajstić information content (AvgIpc) is 2.66. The number of carbonyl (C=O) groups excluding carboxylic acids is 1. The van der Waals surface area contributed by atoms with Gasteiger partial charge in [-0.1, -0.05) is 12.1 Å². The summed E-state index contributed by atoms with van der Waals surface area (Å²) < 4.78 is 36.2. The first kappa shape index (κ1) is 22.5. The molecule has 7 nitrogen and oxygen atoms in total. The van der Waals surface area contributed by atoms with Gasteiger partial charge >= 0.3 is 0 Å². The maximum atomic E-state index is 12.6. The highest BCUT2D eigenvalue weighted by atomic mass is 32.2. The van der Waals surface area contributed by atoms with Gasteiger partial charge in [-0.2, -0.15) is 0 Å². The lowest BCUT2D eigenvalue weighted by Crippen LogP contribution is -2.41. The molecule has 0 aromatic heterocycles. The van der Waals surface area contributed by atoms with Crippen molar-refractivity contribution in [3.05, 3.63) is 53.1 Å². The third kappa shape index (κ3) is 5.63. The molecule has 2 aromatic carbocycles. The largest absolute Gasteiger partial charge is 0.493 e. The average molecular weight is 421 g/mol. The van der Waals surface area contributed by atoms with Crippen LogP contribution in [0, 0.1) is 13.8 Å². The smallest absolute Gasteiger partial charge is 0.241 e. The van der Waals surface area contributed by atoms with E-state index in [0.29, 0.717) is 17.2 Å². The van der Waals surface area contributed by atoms with Crippen molar-refractivity contribution in [2.45, 2.75) is 26.8 Å². The number of ether oxygens (including phenoxy) is 2. The van der Waals surface area contributed by atoms with Crippen molar-refractivity contribution in [1.29, 1.82) is 0 Å². The number of nitrogens with zero attached hydrogens (tertiary/aromatic N) is 1. The number of rotatable bonds is 8. The van der Waals surface area contributed by atoms with E-state index in [0.717, 1.165) is 27.3 Å². The van der Waals surface area contributed by atoms with E-state index in [4.69, 9.17) is 9.47 Å². The summed E-state index contributed by atoms with van der Waals surface area (Å²) in [7, 11) is -0.536. The second-order valence-corrected chi connectivity index (χ2v) is 8.85. The molecule has 0 saturated carbocycles. The zero-order chi connectivity index (χ0) is 21.8. The lowest BCUT2D eigenvalue weighted by Gasteiger charge is -2.24. The molecule has 0 aliphatic heterocycles. The summed E-state index contributed by atoms with van der Waals surface area (Å²) in [4.78, 5) is 12.6. The van der Waals surface area contributed by atoms with Gasteiger partial charge in [0.2, 0.25) is 15.9 Å². The minimum Gasteiger partial charge on any atom is -0.493 e. The first-order chi connectivity index (χ1) is 13.6. The first-order valence-corrected chi connectivity index (χ1v) is 11.0. The Bertz CT molecular complexity index is 989. The van der Waals surface area contributed by atoms with E-state index < -0.39 is 15.9 Å². The second kappa shape index (κ2) is 9.17. The number of methoxy groups -OCH3 is 2. The number of hydrogen-bond acceptors (Lipinski definition) is 5. The maximum Gasteiger partial charge on any atom is 0.241 e. The van der Waals surface area contributed by atoms with Crippen LogP contribution < -0.4 is 19.1 Å². The van der Waals surface area contributed by atoms with Crippen LogP contribution in [0.3, 0.4) is 0 Å². The van der Waals surface area contributed by atoms with Gasteiger partial charge in [0, 0.05) is 0 Å². The fourth-order valence-electron chi connectivity index (χ4n) is 2.90. The molecule has 158 valence electrons. The van der Waals surface area contributed by atoms with Crippen LogP contribution in [0.25, 0.3) is 0 Å².